The molecule has 1 saturated carbocycles. The van der Waals surface area contributed by atoms with E-state index in [4.69, 9.17) is 11.6 Å². The third-order valence-electron chi connectivity index (χ3n) is 5.05. The Hall–Kier alpha value is -0.730. The van der Waals surface area contributed by atoms with Crippen molar-refractivity contribution in [2.24, 2.45) is 11.8 Å². The van der Waals surface area contributed by atoms with Gasteiger partial charge in [0, 0.05) is 19.1 Å². The fourth-order valence-corrected chi connectivity index (χ4v) is 4.21. The summed E-state index contributed by atoms with van der Waals surface area (Å²) in [5, 5.41) is 4.35. The van der Waals surface area contributed by atoms with E-state index >= 15 is 0 Å². The Balaban J connectivity index is 1.74. The number of anilines is 1. The highest BCUT2D eigenvalue weighted by Crippen LogP contribution is 2.41. The average molecular weight is 293 g/mol. The highest BCUT2D eigenvalue weighted by molar-refractivity contribution is 6.33. The largest absolute Gasteiger partial charge is 0.370 e. The summed E-state index contributed by atoms with van der Waals surface area (Å²) in [6.45, 7) is 7.71. The zero-order valence-corrected chi connectivity index (χ0v) is 13.3. The Labute approximate surface area is 127 Å². The highest BCUT2D eigenvalue weighted by Gasteiger charge is 2.36. The summed E-state index contributed by atoms with van der Waals surface area (Å²) in [4.78, 5) is 2.50. The summed E-state index contributed by atoms with van der Waals surface area (Å²) in [5.41, 5.74) is 2.51. The Bertz CT molecular complexity index is 462. The molecule has 1 saturated heterocycles. The van der Waals surface area contributed by atoms with E-state index in [-0.39, 0.29) is 0 Å². The zero-order chi connectivity index (χ0) is 14.1. The van der Waals surface area contributed by atoms with Crippen LogP contribution in [0.3, 0.4) is 0 Å². The van der Waals surface area contributed by atoms with Gasteiger partial charge in [0.15, 0.2) is 0 Å². The summed E-state index contributed by atoms with van der Waals surface area (Å²) in [6, 6.07) is 6.94. The first kappa shape index (κ1) is 14.2. The maximum Gasteiger partial charge on any atom is 0.0642 e. The monoisotopic (exact) mass is 292 g/mol. The molecule has 3 atom stereocenters. The minimum absolute atomic E-state index is 0.365. The highest BCUT2D eigenvalue weighted by atomic mass is 35.5. The third kappa shape index (κ3) is 2.68. The molecule has 1 aromatic carbocycles. The van der Waals surface area contributed by atoms with Crippen LogP contribution in [-0.2, 0) is 0 Å². The molecule has 1 N–H and O–H groups in total. The lowest BCUT2D eigenvalue weighted by atomic mass is 10.0. The molecule has 2 fully saturated rings. The lowest BCUT2D eigenvalue weighted by Crippen LogP contribution is -2.21. The maximum absolute atomic E-state index is 6.54. The first-order chi connectivity index (χ1) is 9.69. The van der Waals surface area contributed by atoms with Crippen molar-refractivity contribution >= 4 is 17.3 Å². The molecule has 0 radical (unpaired) electrons. The second-order valence-electron chi connectivity index (χ2n) is 6.35. The van der Waals surface area contributed by atoms with Gasteiger partial charge in [0.25, 0.3) is 0 Å². The van der Waals surface area contributed by atoms with Crippen molar-refractivity contribution in [2.75, 3.05) is 24.5 Å². The van der Waals surface area contributed by atoms with Crippen molar-refractivity contribution in [1.82, 2.24) is 5.32 Å². The first-order valence-corrected chi connectivity index (χ1v) is 8.34. The molecular weight excluding hydrogens is 268 g/mol. The van der Waals surface area contributed by atoms with Gasteiger partial charge in [-0.3, -0.25) is 0 Å². The Morgan fingerprint density at radius 3 is 2.60 bits per heavy atom. The molecule has 0 aromatic heterocycles. The molecule has 20 heavy (non-hydrogen) atoms. The molecule has 3 rings (SSSR count). The van der Waals surface area contributed by atoms with Crippen LogP contribution in [0.25, 0.3) is 0 Å². The Kier molecular flexibility index (Phi) is 4.23. The number of rotatable bonds is 4. The van der Waals surface area contributed by atoms with Gasteiger partial charge in [-0.2, -0.15) is 0 Å². The van der Waals surface area contributed by atoms with Crippen LogP contribution in [0.1, 0.15) is 44.7 Å². The topological polar surface area (TPSA) is 15.3 Å². The minimum Gasteiger partial charge on any atom is -0.370 e. The number of nitrogens with zero attached hydrogens (tertiary/aromatic N) is 1. The van der Waals surface area contributed by atoms with E-state index in [2.05, 4.69) is 42.3 Å². The molecule has 1 aliphatic carbocycles. The van der Waals surface area contributed by atoms with E-state index < -0.39 is 0 Å². The Morgan fingerprint density at radius 1 is 1.30 bits per heavy atom. The van der Waals surface area contributed by atoms with Crippen LogP contribution in [0.15, 0.2) is 18.2 Å². The standard InChI is InChI=1S/C17H25ClN2/c1-3-19-12(2)13-7-8-17(16(18)9-13)20-10-14-5-4-6-15(14)11-20/h7-9,12,14-15,19H,3-6,10-11H2,1-2H3. The molecular formula is C17H25ClN2. The lowest BCUT2D eigenvalue weighted by Gasteiger charge is -2.22. The van der Waals surface area contributed by atoms with Crippen molar-refractivity contribution in [3.05, 3.63) is 28.8 Å². The number of benzene rings is 1. The fourth-order valence-electron chi connectivity index (χ4n) is 3.90. The first-order valence-electron chi connectivity index (χ1n) is 7.96. The van der Waals surface area contributed by atoms with Gasteiger partial charge in [0.2, 0.25) is 0 Å². The molecule has 3 unspecified atom stereocenters. The van der Waals surface area contributed by atoms with Crippen LogP contribution in [0, 0.1) is 11.8 Å². The normalized spacial score (nSPS) is 26.9. The van der Waals surface area contributed by atoms with Gasteiger partial charge in [0.1, 0.15) is 0 Å². The average Bonchev–Trinajstić information content (AvgIpc) is 2.99. The van der Waals surface area contributed by atoms with Crippen molar-refractivity contribution in [1.29, 1.82) is 0 Å². The molecule has 3 heteroatoms. The summed E-state index contributed by atoms with van der Waals surface area (Å²) in [6.07, 6.45) is 4.25. The molecule has 1 aromatic rings. The van der Waals surface area contributed by atoms with E-state index in [0.717, 1.165) is 23.4 Å². The molecule has 0 bridgehead atoms. The van der Waals surface area contributed by atoms with Gasteiger partial charge in [-0.15, -0.1) is 0 Å². The SMILES string of the molecule is CCNC(C)c1ccc(N2CC3CCCC3C2)c(Cl)c1. The number of hydrogen-bond acceptors (Lipinski definition) is 2. The summed E-state index contributed by atoms with van der Waals surface area (Å²) in [5.74, 6) is 1.82. The summed E-state index contributed by atoms with van der Waals surface area (Å²) < 4.78 is 0. The maximum atomic E-state index is 6.54. The molecule has 1 heterocycles. The van der Waals surface area contributed by atoms with E-state index in [1.165, 1.54) is 43.6 Å². The van der Waals surface area contributed by atoms with Gasteiger partial charge in [-0.25, -0.2) is 0 Å². The molecule has 2 nitrogen and oxygen atoms in total. The number of halogens is 1. The van der Waals surface area contributed by atoms with Gasteiger partial charge in [-0.1, -0.05) is 31.0 Å². The van der Waals surface area contributed by atoms with E-state index in [0.29, 0.717) is 6.04 Å². The Morgan fingerprint density at radius 2 is 2.00 bits per heavy atom. The lowest BCUT2D eigenvalue weighted by molar-refractivity contribution is 0.494. The molecule has 0 amide bonds. The summed E-state index contributed by atoms with van der Waals surface area (Å²) >= 11 is 6.54. The smallest absolute Gasteiger partial charge is 0.0642 e. The predicted molar refractivity (Wildman–Crippen MR) is 86.6 cm³/mol. The zero-order valence-electron chi connectivity index (χ0n) is 12.5. The van der Waals surface area contributed by atoms with Crippen LogP contribution in [-0.4, -0.2) is 19.6 Å². The summed E-state index contributed by atoms with van der Waals surface area (Å²) in [7, 11) is 0. The van der Waals surface area contributed by atoms with Gasteiger partial charge < -0.3 is 10.2 Å². The number of hydrogen-bond donors (Lipinski definition) is 1. The third-order valence-corrected chi connectivity index (χ3v) is 5.35. The predicted octanol–water partition coefficient (Wildman–Crippen LogP) is 4.25. The van der Waals surface area contributed by atoms with Gasteiger partial charge >= 0.3 is 0 Å². The molecule has 110 valence electrons. The minimum atomic E-state index is 0.365. The molecule has 1 aliphatic heterocycles. The van der Waals surface area contributed by atoms with Crippen molar-refractivity contribution in [3.8, 4) is 0 Å². The number of fused-ring (bicyclic) bond motifs is 1. The van der Waals surface area contributed by atoms with Crippen LogP contribution < -0.4 is 10.2 Å². The van der Waals surface area contributed by atoms with E-state index in [1.807, 2.05) is 0 Å². The molecule has 2 aliphatic rings. The van der Waals surface area contributed by atoms with Crippen LogP contribution in [0.4, 0.5) is 5.69 Å². The molecule has 0 spiro atoms. The second-order valence-corrected chi connectivity index (χ2v) is 6.75. The quantitative estimate of drug-likeness (QED) is 0.892. The van der Waals surface area contributed by atoms with Crippen molar-refractivity contribution in [3.63, 3.8) is 0 Å². The van der Waals surface area contributed by atoms with Crippen LogP contribution >= 0.6 is 11.6 Å². The van der Waals surface area contributed by atoms with Crippen LogP contribution in [0.2, 0.25) is 5.02 Å². The number of nitrogens with one attached hydrogen (secondary N) is 1. The second kappa shape index (κ2) is 5.95. The van der Waals surface area contributed by atoms with E-state index in [9.17, 15) is 0 Å². The van der Waals surface area contributed by atoms with Crippen molar-refractivity contribution < 1.29 is 0 Å². The van der Waals surface area contributed by atoms with Gasteiger partial charge in [-0.05, 0) is 55.8 Å². The van der Waals surface area contributed by atoms with Crippen LogP contribution in [0.5, 0.6) is 0 Å². The fraction of sp³-hybridized carbons (Fsp3) is 0.647. The van der Waals surface area contributed by atoms with Gasteiger partial charge in [0.05, 0.1) is 10.7 Å². The van der Waals surface area contributed by atoms with E-state index in [1.54, 1.807) is 0 Å². The van der Waals surface area contributed by atoms with Crippen molar-refractivity contribution in [2.45, 2.75) is 39.2 Å².